The number of hydrogen-bond acceptors (Lipinski definition) is 4. The molecule has 1 N–H and O–H groups in total. The van der Waals surface area contributed by atoms with Gasteiger partial charge < -0.3 is 14.4 Å². The monoisotopic (exact) mass is 472 g/mol. The summed E-state index contributed by atoms with van der Waals surface area (Å²) < 4.78 is 69.5. The second-order valence-corrected chi connectivity index (χ2v) is 10.1. The highest BCUT2D eigenvalue weighted by atomic mass is 32.2. The SMILES string of the molecule is CC(C)N(Cc1ccccc1OS(=O)(=O)c1cccc(C(F)(F)F)c1)C(=O)NC(C)(C)C. The van der Waals surface area contributed by atoms with Crippen molar-refractivity contribution in [3.05, 3.63) is 59.7 Å². The smallest absolute Gasteiger partial charge is 0.379 e. The molecule has 2 rings (SSSR count). The van der Waals surface area contributed by atoms with E-state index in [0.29, 0.717) is 11.6 Å². The lowest BCUT2D eigenvalue weighted by molar-refractivity contribution is -0.137. The van der Waals surface area contributed by atoms with Crippen molar-refractivity contribution in [1.29, 1.82) is 0 Å². The van der Waals surface area contributed by atoms with E-state index in [2.05, 4.69) is 5.32 Å². The predicted octanol–water partition coefficient (Wildman–Crippen LogP) is 5.19. The van der Waals surface area contributed by atoms with E-state index in [0.717, 1.165) is 18.2 Å². The number of urea groups is 1. The Morgan fingerprint density at radius 3 is 2.25 bits per heavy atom. The molecule has 0 radical (unpaired) electrons. The number of rotatable bonds is 6. The van der Waals surface area contributed by atoms with Gasteiger partial charge in [-0.1, -0.05) is 24.3 Å². The molecule has 2 amide bonds. The number of nitrogens with one attached hydrogen (secondary N) is 1. The lowest BCUT2D eigenvalue weighted by Gasteiger charge is -2.31. The van der Waals surface area contributed by atoms with Crippen LogP contribution in [0, 0.1) is 0 Å². The van der Waals surface area contributed by atoms with Crippen LogP contribution < -0.4 is 9.50 Å². The van der Waals surface area contributed by atoms with Crippen LogP contribution in [0.3, 0.4) is 0 Å². The van der Waals surface area contributed by atoms with E-state index in [1.165, 1.54) is 17.0 Å². The van der Waals surface area contributed by atoms with Gasteiger partial charge in [0.15, 0.2) is 0 Å². The molecule has 0 aliphatic carbocycles. The van der Waals surface area contributed by atoms with Gasteiger partial charge in [-0.25, -0.2) is 4.79 Å². The molecule has 2 aromatic carbocycles. The highest BCUT2D eigenvalue weighted by Crippen LogP contribution is 2.31. The van der Waals surface area contributed by atoms with Crippen molar-refractivity contribution in [1.82, 2.24) is 10.2 Å². The third-order valence-electron chi connectivity index (χ3n) is 4.33. The van der Waals surface area contributed by atoms with Gasteiger partial charge in [0.25, 0.3) is 0 Å². The zero-order valence-electron chi connectivity index (χ0n) is 18.5. The number of para-hydroxylation sites is 1. The van der Waals surface area contributed by atoms with Crippen molar-refractivity contribution in [3.8, 4) is 5.75 Å². The molecule has 0 aliphatic heterocycles. The Morgan fingerprint density at radius 2 is 1.69 bits per heavy atom. The second-order valence-electron chi connectivity index (χ2n) is 8.57. The van der Waals surface area contributed by atoms with Gasteiger partial charge in [0.05, 0.1) is 12.1 Å². The minimum absolute atomic E-state index is 0.0356. The number of nitrogens with zero attached hydrogens (tertiary/aromatic N) is 1. The Balaban J connectivity index is 2.35. The normalized spacial score (nSPS) is 12.5. The summed E-state index contributed by atoms with van der Waals surface area (Å²) >= 11 is 0. The predicted molar refractivity (Wildman–Crippen MR) is 115 cm³/mol. The lowest BCUT2D eigenvalue weighted by Crippen LogP contribution is -2.50. The van der Waals surface area contributed by atoms with Gasteiger partial charge in [-0.05, 0) is 58.9 Å². The van der Waals surface area contributed by atoms with Gasteiger partial charge in [0, 0.05) is 17.1 Å². The molecule has 0 atom stereocenters. The van der Waals surface area contributed by atoms with Gasteiger partial charge in [0.1, 0.15) is 10.6 Å². The first kappa shape index (κ1) is 25.5. The first-order chi connectivity index (χ1) is 14.6. The summed E-state index contributed by atoms with van der Waals surface area (Å²) in [7, 11) is -4.54. The van der Waals surface area contributed by atoms with E-state index >= 15 is 0 Å². The summed E-state index contributed by atoms with van der Waals surface area (Å²) in [5.41, 5.74) is -1.19. The quantitative estimate of drug-likeness (QED) is 0.587. The number of alkyl halides is 3. The Kier molecular flexibility index (Phi) is 7.49. The third-order valence-corrected chi connectivity index (χ3v) is 5.56. The molecule has 6 nitrogen and oxygen atoms in total. The van der Waals surface area contributed by atoms with Gasteiger partial charge in [-0.15, -0.1) is 0 Å². The Labute approximate surface area is 186 Å². The van der Waals surface area contributed by atoms with Gasteiger partial charge >= 0.3 is 22.3 Å². The van der Waals surface area contributed by atoms with Crippen molar-refractivity contribution < 1.29 is 30.6 Å². The minimum Gasteiger partial charge on any atom is -0.379 e. The van der Waals surface area contributed by atoms with Crippen LogP contribution in [-0.4, -0.2) is 30.9 Å². The van der Waals surface area contributed by atoms with Gasteiger partial charge in [0.2, 0.25) is 0 Å². The molecule has 0 saturated carbocycles. The van der Waals surface area contributed by atoms with Crippen LogP contribution in [0.5, 0.6) is 5.75 Å². The van der Waals surface area contributed by atoms with E-state index in [-0.39, 0.29) is 24.4 Å². The number of amides is 2. The van der Waals surface area contributed by atoms with E-state index in [4.69, 9.17) is 4.18 Å². The van der Waals surface area contributed by atoms with Crippen LogP contribution in [-0.2, 0) is 22.8 Å². The summed E-state index contributed by atoms with van der Waals surface area (Å²) in [6.07, 6.45) is -4.69. The van der Waals surface area contributed by atoms with Crippen LogP contribution >= 0.6 is 0 Å². The van der Waals surface area contributed by atoms with Gasteiger partial charge in [-0.3, -0.25) is 0 Å². The van der Waals surface area contributed by atoms with Crippen LogP contribution in [0.4, 0.5) is 18.0 Å². The molecule has 0 fully saturated rings. The maximum Gasteiger partial charge on any atom is 0.416 e. The number of hydrogen-bond donors (Lipinski definition) is 1. The van der Waals surface area contributed by atoms with Crippen LogP contribution in [0.2, 0.25) is 0 Å². The molecule has 176 valence electrons. The maximum absolute atomic E-state index is 13.0. The zero-order chi connectivity index (χ0) is 24.3. The largest absolute Gasteiger partial charge is 0.416 e. The fourth-order valence-corrected chi connectivity index (χ4v) is 3.79. The molecular weight excluding hydrogens is 445 g/mol. The topological polar surface area (TPSA) is 75.7 Å². The fourth-order valence-electron chi connectivity index (χ4n) is 2.77. The molecule has 0 aromatic heterocycles. The minimum atomic E-state index is -4.69. The highest BCUT2D eigenvalue weighted by molar-refractivity contribution is 7.87. The van der Waals surface area contributed by atoms with Crippen molar-refractivity contribution >= 4 is 16.1 Å². The summed E-state index contributed by atoms with van der Waals surface area (Å²) in [5.74, 6) is -0.0703. The molecule has 0 bridgehead atoms. The zero-order valence-corrected chi connectivity index (χ0v) is 19.3. The van der Waals surface area contributed by atoms with E-state index in [9.17, 15) is 26.4 Å². The van der Waals surface area contributed by atoms with Crippen molar-refractivity contribution in [2.75, 3.05) is 0 Å². The van der Waals surface area contributed by atoms with Gasteiger partial charge in [-0.2, -0.15) is 21.6 Å². The summed E-state index contributed by atoms with van der Waals surface area (Å²) in [5, 5.41) is 2.86. The van der Waals surface area contributed by atoms with E-state index < -0.39 is 32.3 Å². The molecule has 0 saturated heterocycles. The standard InChI is InChI=1S/C22H27F3N2O4S/c1-15(2)27(20(28)26-21(3,4)5)14-16-9-6-7-12-19(16)31-32(29,30)18-11-8-10-17(13-18)22(23,24)25/h6-13,15H,14H2,1-5H3,(H,26,28). The number of carbonyl (C=O) groups excluding carboxylic acids is 1. The maximum atomic E-state index is 13.0. The number of benzene rings is 2. The van der Waals surface area contributed by atoms with E-state index in [1.807, 2.05) is 34.6 Å². The van der Waals surface area contributed by atoms with Crippen molar-refractivity contribution in [2.24, 2.45) is 0 Å². The molecule has 0 heterocycles. The van der Waals surface area contributed by atoms with Crippen LogP contribution in [0.25, 0.3) is 0 Å². The molecular formula is C22H27F3N2O4S. The molecule has 2 aromatic rings. The fraction of sp³-hybridized carbons (Fsp3) is 0.409. The molecule has 0 aliphatic rings. The highest BCUT2D eigenvalue weighted by Gasteiger charge is 2.32. The summed E-state index contributed by atoms with van der Waals surface area (Å²) in [6.45, 7) is 9.16. The lowest BCUT2D eigenvalue weighted by atomic mass is 10.1. The first-order valence-corrected chi connectivity index (χ1v) is 11.3. The average Bonchev–Trinajstić information content (AvgIpc) is 2.64. The Morgan fingerprint density at radius 1 is 1.06 bits per heavy atom. The molecule has 0 unspecified atom stereocenters. The van der Waals surface area contributed by atoms with Crippen LogP contribution in [0.15, 0.2) is 53.4 Å². The summed E-state index contributed by atoms with van der Waals surface area (Å²) in [4.78, 5) is 13.6. The third kappa shape index (κ3) is 6.88. The average molecular weight is 473 g/mol. The van der Waals surface area contributed by atoms with Crippen LogP contribution in [0.1, 0.15) is 45.7 Å². The molecule has 32 heavy (non-hydrogen) atoms. The number of carbonyl (C=O) groups is 1. The Bertz CT molecular complexity index is 1060. The van der Waals surface area contributed by atoms with E-state index in [1.54, 1.807) is 12.1 Å². The summed E-state index contributed by atoms with van der Waals surface area (Å²) in [6, 6.07) is 8.95. The first-order valence-electron chi connectivity index (χ1n) is 9.88. The molecule has 10 heteroatoms. The molecule has 0 spiro atoms. The number of halogens is 3. The van der Waals surface area contributed by atoms with Crippen molar-refractivity contribution in [2.45, 2.75) is 63.8 Å². The Hall–Kier alpha value is -2.75. The van der Waals surface area contributed by atoms with Crippen molar-refractivity contribution in [3.63, 3.8) is 0 Å². The second kappa shape index (κ2) is 9.40.